The van der Waals surface area contributed by atoms with Gasteiger partial charge in [0.2, 0.25) is 21.8 Å². The lowest BCUT2D eigenvalue weighted by molar-refractivity contribution is -0.141. The first-order valence-electron chi connectivity index (χ1n) is 14.0. The Morgan fingerprint density at radius 1 is 0.952 bits per heavy atom. The molecular formula is C32H39Cl2N3O4S. The van der Waals surface area contributed by atoms with Crippen molar-refractivity contribution in [2.24, 2.45) is 0 Å². The number of halogens is 2. The summed E-state index contributed by atoms with van der Waals surface area (Å²) in [5.74, 6) is -0.472. The van der Waals surface area contributed by atoms with E-state index in [1.54, 1.807) is 11.0 Å². The number of rotatable bonds is 14. The van der Waals surface area contributed by atoms with Crippen molar-refractivity contribution in [2.45, 2.75) is 65.1 Å². The topological polar surface area (TPSA) is 86.8 Å². The Morgan fingerprint density at radius 3 is 2.29 bits per heavy atom. The van der Waals surface area contributed by atoms with Crippen LogP contribution in [-0.4, -0.2) is 50.0 Å². The molecule has 2 atom stereocenters. The van der Waals surface area contributed by atoms with Crippen LogP contribution in [0.3, 0.4) is 0 Å². The van der Waals surface area contributed by atoms with E-state index in [2.05, 4.69) is 5.32 Å². The van der Waals surface area contributed by atoms with Crippen molar-refractivity contribution in [1.29, 1.82) is 0 Å². The van der Waals surface area contributed by atoms with E-state index in [0.717, 1.165) is 33.7 Å². The molecule has 2 amide bonds. The fourth-order valence-corrected chi connectivity index (χ4v) is 6.07. The summed E-state index contributed by atoms with van der Waals surface area (Å²) >= 11 is 12.4. The largest absolute Gasteiger partial charge is 0.352 e. The molecular weight excluding hydrogens is 593 g/mol. The third-order valence-corrected chi connectivity index (χ3v) is 8.77. The highest BCUT2D eigenvalue weighted by Crippen LogP contribution is 2.31. The number of carbonyl (C=O) groups is 2. The number of carbonyl (C=O) groups excluding carboxylic acids is 2. The molecule has 0 aliphatic rings. The maximum absolute atomic E-state index is 13.9. The minimum atomic E-state index is -3.71. The summed E-state index contributed by atoms with van der Waals surface area (Å²) in [4.78, 5) is 29.2. The molecule has 0 radical (unpaired) electrons. The van der Waals surface area contributed by atoms with Crippen molar-refractivity contribution in [3.8, 4) is 0 Å². The normalized spacial score (nSPS) is 12.8. The van der Waals surface area contributed by atoms with Gasteiger partial charge in [-0.3, -0.25) is 13.9 Å². The number of hydrogen-bond donors (Lipinski definition) is 1. The van der Waals surface area contributed by atoms with Gasteiger partial charge in [-0.15, -0.1) is 0 Å². The maximum atomic E-state index is 13.9. The second kappa shape index (κ2) is 15.4. The average Bonchev–Trinajstić information content (AvgIpc) is 2.94. The predicted molar refractivity (Wildman–Crippen MR) is 171 cm³/mol. The Bertz CT molecular complexity index is 1470. The van der Waals surface area contributed by atoms with E-state index in [1.807, 2.05) is 75.4 Å². The monoisotopic (exact) mass is 631 g/mol. The summed E-state index contributed by atoms with van der Waals surface area (Å²) in [6, 6.07) is 21.2. The second-order valence-electron chi connectivity index (χ2n) is 10.6. The molecule has 10 heteroatoms. The fourth-order valence-electron chi connectivity index (χ4n) is 4.66. The molecule has 0 aromatic heterocycles. The van der Waals surface area contributed by atoms with Gasteiger partial charge in [-0.25, -0.2) is 8.42 Å². The summed E-state index contributed by atoms with van der Waals surface area (Å²) in [5.41, 5.74) is 3.14. The third-order valence-electron chi connectivity index (χ3n) is 7.04. The molecule has 3 aromatic rings. The number of nitrogens with zero attached hydrogens (tertiary/aromatic N) is 2. The van der Waals surface area contributed by atoms with Crippen molar-refractivity contribution in [2.75, 3.05) is 17.1 Å². The molecule has 0 bridgehead atoms. The Kier molecular flexibility index (Phi) is 12.3. The van der Waals surface area contributed by atoms with Crippen LogP contribution in [0.2, 0.25) is 10.0 Å². The van der Waals surface area contributed by atoms with Crippen molar-refractivity contribution < 1.29 is 18.0 Å². The number of aryl methyl sites for hydroxylation is 1. The lowest BCUT2D eigenvalue weighted by Gasteiger charge is -2.33. The molecule has 7 nitrogen and oxygen atoms in total. The van der Waals surface area contributed by atoms with Crippen LogP contribution in [-0.2, 0) is 32.6 Å². The molecule has 0 fully saturated rings. The van der Waals surface area contributed by atoms with Gasteiger partial charge in [0.05, 0.1) is 17.0 Å². The fraction of sp³-hybridized carbons (Fsp3) is 0.375. The minimum absolute atomic E-state index is 0.0192. The number of hydrogen-bond acceptors (Lipinski definition) is 4. The number of anilines is 1. The first kappa shape index (κ1) is 33.4. The number of amides is 2. The van der Waals surface area contributed by atoms with Crippen LogP contribution in [0.4, 0.5) is 5.69 Å². The standard InChI is InChI=1S/C32H39Cl2N3O4S/c1-5-24(3)35-32(39)30(20-25-12-7-6-8-13-25)36(22-26-14-9-11-23(2)19-26)31(38)15-10-18-37(42(4,40)41)29-21-27(33)16-17-28(29)34/h6-9,11-14,16-17,19,21,24,30H,5,10,15,18,20,22H2,1-4H3,(H,35,39)/t24-,30+/m1/s1. The minimum Gasteiger partial charge on any atom is -0.352 e. The van der Waals surface area contributed by atoms with Gasteiger partial charge in [-0.05, 0) is 56.0 Å². The van der Waals surface area contributed by atoms with E-state index in [0.29, 0.717) is 11.4 Å². The van der Waals surface area contributed by atoms with E-state index in [1.165, 1.54) is 12.1 Å². The highest BCUT2D eigenvalue weighted by molar-refractivity contribution is 7.92. The van der Waals surface area contributed by atoms with Crippen molar-refractivity contribution >= 4 is 50.7 Å². The summed E-state index contributed by atoms with van der Waals surface area (Å²) in [6.07, 6.45) is 2.42. The van der Waals surface area contributed by atoms with Crippen LogP contribution in [0.1, 0.15) is 49.8 Å². The van der Waals surface area contributed by atoms with Crippen LogP contribution in [0.15, 0.2) is 72.8 Å². The van der Waals surface area contributed by atoms with Gasteiger partial charge in [-0.2, -0.15) is 0 Å². The van der Waals surface area contributed by atoms with Gasteiger partial charge in [0.15, 0.2) is 0 Å². The molecule has 42 heavy (non-hydrogen) atoms. The second-order valence-corrected chi connectivity index (χ2v) is 13.3. The Hall–Kier alpha value is -3.07. The van der Waals surface area contributed by atoms with E-state index in [9.17, 15) is 18.0 Å². The molecule has 1 N–H and O–H groups in total. The van der Waals surface area contributed by atoms with Crippen molar-refractivity contribution in [3.63, 3.8) is 0 Å². The molecule has 0 heterocycles. The summed E-state index contributed by atoms with van der Waals surface area (Å²) in [6.45, 7) is 6.16. The molecule has 0 unspecified atom stereocenters. The SMILES string of the molecule is CC[C@@H](C)NC(=O)[C@H](Cc1ccccc1)N(Cc1cccc(C)c1)C(=O)CCCN(c1cc(Cl)ccc1Cl)S(C)(=O)=O. The lowest BCUT2D eigenvalue weighted by atomic mass is 10.0. The molecule has 0 saturated carbocycles. The third kappa shape index (κ3) is 9.75. The van der Waals surface area contributed by atoms with Gasteiger partial charge in [0.25, 0.3) is 0 Å². The highest BCUT2D eigenvalue weighted by Gasteiger charge is 2.31. The first-order valence-corrected chi connectivity index (χ1v) is 16.6. The average molecular weight is 633 g/mol. The van der Waals surface area contributed by atoms with E-state index in [4.69, 9.17) is 23.2 Å². The molecule has 0 aliphatic heterocycles. The van der Waals surface area contributed by atoms with Gasteiger partial charge < -0.3 is 10.2 Å². The maximum Gasteiger partial charge on any atom is 0.243 e. The molecule has 0 aliphatic carbocycles. The van der Waals surface area contributed by atoms with E-state index < -0.39 is 16.1 Å². The smallest absolute Gasteiger partial charge is 0.243 e. The van der Waals surface area contributed by atoms with Crippen molar-refractivity contribution in [1.82, 2.24) is 10.2 Å². The summed E-state index contributed by atoms with van der Waals surface area (Å²) < 4.78 is 26.5. The predicted octanol–water partition coefficient (Wildman–Crippen LogP) is 6.40. The van der Waals surface area contributed by atoms with Crippen LogP contribution in [0, 0.1) is 6.92 Å². The lowest BCUT2D eigenvalue weighted by Crippen LogP contribution is -2.52. The molecule has 3 rings (SSSR count). The van der Waals surface area contributed by atoms with Crippen LogP contribution >= 0.6 is 23.2 Å². The van der Waals surface area contributed by atoms with Crippen LogP contribution in [0.5, 0.6) is 0 Å². The van der Waals surface area contributed by atoms with Crippen LogP contribution < -0.4 is 9.62 Å². The zero-order valence-electron chi connectivity index (χ0n) is 24.5. The Morgan fingerprint density at radius 2 is 1.64 bits per heavy atom. The summed E-state index contributed by atoms with van der Waals surface area (Å²) in [5, 5.41) is 3.65. The molecule has 3 aromatic carbocycles. The molecule has 0 spiro atoms. The van der Waals surface area contributed by atoms with Crippen LogP contribution in [0.25, 0.3) is 0 Å². The van der Waals surface area contributed by atoms with Gasteiger partial charge in [0, 0.05) is 37.0 Å². The van der Waals surface area contributed by atoms with E-state index >= 15 is 0 Å². The quantitative estimate of drug-likeness (QED) is 0.223. The number of benzene rings is 3. The highest BCUT2D eigenvalue weighted by atomic mass is 35.5. The van der Waals surface area contributed by atoms with E-state index in [-0.39, 0.29) is 54.5 Å². The van der Waals surface area contributed by atoms with Gasteiger partial charge in [-0.1, -0.05) is 90.3 Å². The van der Waals surface area contributed by atoms with Gasteiger partial charge >= 0.3 is 0 Å². The van der Waals surface area contributed by atoms with Gasteiger partial charge in [0.1, 0.15) is 6.04 Å². The number of nitrogens with one attached hydrogen (secondary N) is 1. The van der Waals surface area contributed by atoms with Crippen molar-refractivity contribution in [3.05, 3.63) is 99.5 Å². The molecule has 0 saturated heterocycles. The summed E-state index contributed by atoms with van der Waals surface area (Å²) in [7, 11) is -3.71. The molecule has 226 valence electrons. The zero-order valence-corrected chi connectivity index (χ0v) is 26.8. The zero-order chi connectivity index (χ0) is 30.9. The Balaban J connectivity index is 1.91. The Labute approximate surface area is 259 Å². The first-order chi connectivity index (χ1) is 19.9. The number of sulfonamides is 1.